The summed E-state index contributed by atoms with van der Waals surface area (Å²) >= 11 is 0. The van der Waals surface area contributed by atoms with Crippen LogP contribution in [0.5, 0.6) is 0 Å². The van der Waals surface area contributed by atoms with E-state index in [1.165, 1.54) is 4.68 Å². The third kappa shape index (κ3) is 5.70. The fraction of sp³-hybridized carbons (Fsp3) is 0.261. The van der Waals surface area contributed by atoms with Crippen molar-refractivity contribution in [3.05, 3.63) is 71.4 Å². The summed E-state index contributed by atoms with van der Waals surface area (Å²) in [6, 6.07) is 18.4. The molecule has 0 bridgehead atoms. The second kappa shape index (κ2) is 10.2. The number of para-hydroxylation sites is 2. The van der Waals surface area contributed by atoms with Gasteiger partial charge in [0.1, 0.15) is 24.0 Å². The lowest BCUT2D eigenvalue weighted by Crippen LogP contribution is -2.41. The Morgan fingerprint density at radius 3 is 2.48 bits per heavy atom. The van der Waals surface area contributed by atoms with Crippen LogP contribution in [0.25, 0.3) is 5.69 Å². The van der Waals surface area contributed by atoms with Gasteiger partial charge in [-0.3, -0.25) is 9.10 Å². The smallest absolute Gasteiger partial charge is 0.240 e. The average molecular weight is 467 g/mol. The summed E-state index contributed by atoms with van der Waals surface area (Å²) < 4.78 is 27.1. The number of nitrogens with two attached hydrogens (primary N) is 1. The molecule has 0 fully saturated rings. The van der Waals surface area contributed by atoms with Crippen molar-refractivity contribution in [2.75, 3.05) is 29.4 Å². The number of hydrogen-bond donors (Lipinski definition) is 2. The molecule has 1 aromatic heterocycles. The third-order valence-corrected chi connectivity index (χ3v) is 6.22. The lowest BCUT2D eigenvalue weighted by molar-refractivity contribution is -0.119. The first-order valence-electron chi connectivity index (χ1n) is 10.3. The van der Waals surface area contributed by atoms with Crippen LogP contribution in [0.1, 0.15) is 23.2 Å². The van der Waals surface area contributed by atoms with Gasteiger partial charge >= 0.3 is 0 Å². The first kappa shape index (κ1) is 23.8. The lowest BCUT2D eigenvalue weighted by atomic mass is 10.1. The number of nitrogen functional groups attached to an aromatic ring is 1. The van der Waals surface area contributed by atoms with E-state index in [0.29, 0.717) is 36.3 Å². The average Bonchev–Trinajstić information content (AvgIpc) is 3.10. The van der Waals surface area contributed by atoms with Crippen LogP contribution in [-0.2, 0) is 21.2 Å². The highest BCUT2D eigenvalue weighted by Crippen LogP contribution is 2.22. The highest BCUT2D eigenvalue weighted by molar-refractivity contribution is 7.92. The summed E-state index contributed by atoms with van der Waals surface area (Å²) in [5, 5.41) is 16.7. The van der Waals surface area contributed by atoms with E-state index in [0.717, 1.165) is 21.8 Å². The van der Waals surface area contributed by atoms with Crippen LogP contribution in [0.2, 0.25) is 0 Å². The standard InChI is InChI=1S/C23H26N6O3S/c1-17-9-6-7-13-21(17)28(33(2,31)32)16-22(30)26-14-8-12-20-19(15-24)23(25)29(27-20)18-10-4-3-5-11-18/h3-7,9-11,13H,8,12,14,16,25H2,1-2H3,(H,26,30). The highest BCUT2D eigenvalue weighted by Gasteiger charge is 2.22. The molecule has 3 rings (SSSR count). The summed E-state index contributed by atoms with van der Waals surface area (Å²) in [7, 11) is -3.64. The largest absolute Gasteiger partial charge is 0.382 e. The van der Waals surface area contributed by atoms with Crippen LogP contribution in [0.4, 0.5) is 11.5 Å². The quantitative estimate of drug-likeness (QED) is 0.464. The molecule has 0 aliphatic rings. The Bertz CT molecular complexity index is 1280. The van der Waals surface area contributed by atoms with E-state index in [1.54, 1.807) is 31.2 Å². The van der Waals surface area contributed by atoms with Gasteiger partial charge in [0.25, 0.3) is 0 Å². The number of nitriles is 1. The van der Waals surface area contributed by atoms with Crippen molar-refractivity contribution in [2.24, 2.45) is 0 Å². The van der Waals surface area contributed by atoms with Gasteiger partial charge in [-0.1, -0.05) is 36.4 Å². The molecular weight excluding hydrogens is 440 g/mol. The second-order valence-electron chi connectivity index (χ2n) is 7.58. The van der Waals surface area contributed by atoms with E-state index >= 15 is 0 Å². The van der Waals surface area contributed by atoms with Crippen LogP contribution in [-0.4, -0.2) is 43.5 Å². The van der Waals surface area contributed by atoms with Crippen molar-refractivity contribution >= 4 is 27.4 Å². The Kier molecular flexibility index (Phi) is 7.35. The van der Waals surface area contributed by atoms with E-state index in [4.69, 9.17) is 5.73 Å². The first-order valence-corrected chi connectivity index (χ1v) is 12.2. The van der Waals surface area contributed by atoms with Crippen LogP contribution in [0, 0.1) is 18.3 Å². The molecule has 1 heterocycles. The minimum atomic E-state index is -3.64. The molecule has 9 nitrogen and oxygen atoms in total. The van der Waals surface area contributed by atoms with Crippen LogP contribution >= 0.6 is 0 Å². The molecular formula is C23H26N6O3S. The second-order valence-corrected chi connectivity index (χ2v) is 9.48. The number of aryl methyl sites for hydroxylation is 2. The molecule has 0 saturated heterocycles. The minimum Gasteiger partial charge on any atom is -0.382 e. The molecule has 33 heavy (non-hydrogen) atoms. The lowest BCUT2D eigenvalue weighted by Gasteiger charge is -2.23. The first-order chi connectivity index (χ1) is 15.7. The molecule has 1 amide bonds. The monoisotopic (exact) mass is 466 g/mol. The number of aromatic nitrogens is 2. The summed E-state index contributed by atoms with van der Waals surface area (Å²) in [5.74, 6) is -0.150. The Hall–Kier alpha value is -3.84. The fourth-order valence-corrected chi connectivity index (χ4v) is 4.35. The predicted octanol–water partition coefficient (Wildman–Crippen LogP) is 2.15. The summed E-state index contributed by atoms with van der Waals surface area (Å²) in [6.45, 7) is 1.77. The predicted molar refractivity (Wildman–Crippen MR) is 127 cm³/mol. The number of hydrogen-bond acceptors (Lipinski definition) is 6. The summed E-state index contributed by atoms with van der Waals surface area (Å²) in [4.78, 5) is 12.5. The number of benzene rings is 2. The Balaban J connectivity index is 1.61. The van der Waals surface area contributed by atoms with Gasteiger partial charge in [0.15, 0.2) is 0 Å². The molecule has 3 N–H and O–H groups in total. The van der Waals surface area contributed by atoms with Crippen LogP contribution in [0.15, 0.2) is 54.6 Å². The normalized spacial score (nSPS) is 11.1. The van der Waals surface area contributed by atoms with Gasteiger partial charge in [0, 0.05) is 6.54 Å². The highest BCUT2D eigenvalue weighted by atomic mass is 32.2. The molecule has 10 heteroatoms. The van der Waals surface area contributed by atoms with Gasteiger partial charge in [-0.25, -0.2) is 13.1 Å². The molecule has 172 valence electrons. The molecule has 3 aromatic rings. The van der Waals surface area contributed by atoms with E-state index < -0.39 is 15.9 Å². The number of sulfonamides is 1. The number of carbonyl (C=O) groups excluding carboxylic acids is 1. The zero-order valence-electron chi connectivity index (χ0n) is 18.5. The number of rotatable bonds is 9. The van der Waals surface area contributed by atoms with Crippen LogP contribution in [0.3, 0.4) is 0 Å². The zero-order valence-corrected chi connectivity index (χ0v) is 19.3. The van der Waals surface area contributed by atoms with Gasteiger partial charge in [0.2, 0.25) is 15.9 Å². The summed E-state index contributed by atoms with van der Waals surface area (Å²) in [5.41, 5.74) is 8.94. The van der Waals surface area contributed by atoms with Crippen molar-refractivity contribution < 1.29 is 13.2 Å². The Morgan fingerprint density at radius 2 is 1.85 bits per heavy atom. The fourth-order valence-electron chi connectivity index (χ4n) is 3.44. The molecule has 0 spiro atoms. The zero-order chi connectivity index (χ0) is 24.0. The number of carbonyl (C=O) groups is 1. The van der Waals surface area contributed by atoms with E-state index in [9.17, 15) is 18.5 Å². The maximum atomic E-state index is 12.5. The van der Waals surface area contributed by atoms with Gasteiger partial charge < -0.3 is 11.1 Å². The van der Waals surface area contributed by atoms with Gasteiger partial charge in [0.05, 0.1) is 23.3 Å². The Labute approximate surface area is 193 Å². The molecule has 0 aliphatic heterocycles. The van der Waals surface area contributed by atoms with Gasteiger partial charge in [-0.2, -0.15) is 10.4 Å². The van der Waals surface area contributed by atoms with Crippen LogP contribution < -0.4 is 15.4 Å². The van der Waals surface area contributed by atoms with Crippen molar-refractivity contribution in [2.45, 2.75) is 19.8 Å². The van der Waals surface area contributed by atoms with Crippen molar-refractivity contribution in [3.8, 4) is 11.8 Å². The minimum absolute atomic E-state index is 0.268. The Morgan fingerprint density at radius 1 is 1.18 bits per heavy atom. The molecule has 0 atom stereocenters. The molecule has 0 unspecified atom stereocenters. The third-order valence-electron chi connectivity index (χ3n) is 5.09. The number of anilines is 2. The molecule has 0 saturated carbocycles. The van der Waals surface area contributed by atoms with E-state index in [-0.39, 0.29) is 12.4 Å². The van der Waals surface area contributed by atoms with Crippen molar-refractivity contribution in [3.63, 3.8) is 0 Å². The van der Waals surface area contributed by atoms with Crippen molar-refractivity contribution in [1.29, 1.82) is 5.26 Å². The molecule has 0 aliphatic carbocycles. The van der Waals surface area contributed by atoms with Crippen molar-refractivity contribution in [1.82, 2.24) is 15.1 Å². The maximum Gasteiger partial charge on any atom is 0.240 e. The SMILES string of the molecule is Cc1ccccc1N(CC(=O)NCCCc1nn(-c2ccccc2)c(N)c1C#N)S(C)(=O)=O. The van der Waals surface area contributed by atoms with E-state index in [1.807, 2.05) is 30.3 Å². The number of amides is 1. The molecule has 0 radical (unpaired) electrons. The molecule has 2 aromatic carbocycles. The number of nitrogens with one attached hydrogen (secondary N) is 1. The number of nitrogens with zero attached hydrogens (tertiary/aromatic N) is 4. The van der Waals surface area contributed by atoms with E-state index in [2.05, 4.69) is 16.5 Å². The topological polar surface area (TPSA) is 134 Å². The summed E-state index contributed by atoms with van der Waals surface area (Å²) in [6.07, 6.45) is 2.01. The van der Waals surface area contributed by atoms with Gasteiger partial charge in [-0.15, -0.1) is 0 Å². The maximum absolute atomic E-state index is 12.5. The van der Waals surface area contributed by atoms with Gasteiger partial charge in [-0.05, 0) is 43.5 Å².